The van der Waals surface area contributed by atoms with Crippen LogP contribution in [0.2, 0.25) is 0 Å². The summed E-state index contributed by atoms with van der Waals surface area (Å²) in [6.07, 6.45) is 9.37. The highest BCUT2D eigenvalue weighted by Gasteiger charge is 2.37. The smallest absolute Gasteiger partial charge is 0.247 e. The third-order valence-electron chi connectivity index (χ3n) is 4.98. The Morgan fingerprint density at radius 1 is 1.15 bits per heavy atom. The van der Waals surface area contributed by atoms with Crippen molar-refractivity contribution >= 4 is 10.0 Å². The van der Waals surface area contributed by atoms with Gasteiger partial charge in [0, 0.05) is 31.5 Å². The van der Waals surface area contributed by atoms with E-state index in [4.69, 9.17) is 0 Å². The third-order valence-corrected chi connectivity index (χ3v) is 6.99. The maximum absolute atomic E-state index is 13.5. The molecule has 1 saturated heterocycles. The van der Waals surface area contributed by atoms with Crippen molar-refractivity contribution in [2.75, 3.05) is 6.54 Å². The fourth-order valence-corrected chi connectivity index (χ4v) is 5.45. The lowest BCUT2D eigenvalue weighted by molar-refractivity contribution is 0.256. The van der Waals surface area contributed by atoms with Crippen LogP contribution in [0.3, 0.4) is 0 Å². The Hall–Kier alpha value is -2.52. The number of aryl methyl sites for hydroxylation is 1. The van der Waals surface area contributed by atoms with Crippen molar-refractivity contribution < 1.29 is 8.42 Å². The van der Waals surface area contributed by atoms with Gasteiger partial charge >= 0.3 is 0 Å². The zero-order valence-electron chi connectivity index (χ0n) is 15.4. The zero-order chi connectivity index (χ0) is 19.0. The van der Waals surface area contributed by atoms with E-state index in [0.717, 1.165) is 24.8 Å². The first-order chi connectivity index (χ1) is 13.0. The lowest BCUT2D eigenvalue weighted by Crippen LogP contribution is -2.38. The Balaban J connectivity index is 1.73. The molecule has 1 fully saturated rings. The number of aromatic nitrogens is 5. The minimum atomic E-state index is -3.68. The van der Waals surface area contributed by atoms with Gasteiger partial charge in [-0.1, -0.05) is 12.5 Å². The molecule has 0 amide bonds. The summed E-state index contributed by atoms with van der Waals surface area (Å²) in [7, 11) is -1.84. The van der Waals surface area contributed by atoms with Crippen molar-refractivity contribution in [1.82, 2.24) is 28.9 Å². The molecule has 142 valence electrons. The van der Waals surface area contributed by atoms with Crippen LogP contribution in [-0.4, -0.2) is 43.8 Å². The maximum Gasteiger partial charge on any atom is 0.247 e. The average molecular weight is 386 g/mol. The van der Waals surface area contributed by atoms with Gasteiger partial charge in [-0.05, 0) is 31.9 Å². The van der Waals surface area contributed by atoms with Crippen LogP contribution in [0.5, 0.6) is 0 Å². The number of hydrogen-bond donors (Lipinski definition) is 0. The molecule has 0 spiro atoms. The van der Waals surface area contributed by atoms with E-state index in [-0.39, 0.29) is 10.9 Å². The Morgan fingerprint density at radius 3 is 2.70 bits per heavy atom. The monoisotopic (exact) mass is 386 g/mol. The van der Waals surface area contributed by atoms with Crippen LogP contribution in [0, 0.1) is 6.92 Å². The molecule has 0 aliphatic carbocycles. The lowest BCUT2D eigenvalue weighted by atomic mass is 10.0. The first-order valence-electron chi connectivity index (χ1n) is 8.95. The number of piperidine rings is 1. The molecule has 1 unspecified atom stereocenters. The molecule has 3 aromatic heterocycles. The van der Waals surface area contributed by atoms with Gasteiger partial charge in [0.1, 0.15) is 4.90 Å². The molecule has 1 atom stereocenters. The molecular formula is C18H22N6O2S. The normalized spacial score (nSPS) is 18.7. The van der Waals surface area contributed by atoms with Crippen LogP contribution in [0.1, 0.15) is 36.6 Å². The highest BCUT2D eigenvalue weighted by molar-refractivity contribution is 7.89. The molecular weight excluding hydrogens is 364 g/mol. The van der Waals surface area contributed by atoms with E-state index in [1.807, 2.05) is 25.4 Å². The van der Waals surface area contributed by atoms with Gasteiger partial charge < -0.3 is 0 Å². The van der Waals surface area contributed by atoms with Crippen molar-refractivity contribution in [3.63, 3.8) is 0 Å². The van der Waals surface area contributed by atoms with E-state index in [1.54, 1.807) is 39.1 Å². The van der Waals surface area contributed by atoms with E-state index in [1.165, 1.54) is 6.20 Å². The second kappa shape index (κ2) is 6.90. The number of sulfonamides is 1. The highest BCUT2D eigenvalue weighted by atomic mass is 32.2. The molecule has 0 radical (unpaired) electrons. The van der Waals surface area contributed by atoms with Gasteiger partial charge in [-0.25, -0.2) is 18.1 Å². The second-order valence-electron chi connectivity index (χ2n) is 6.77. The zero-order valence-corrected chi connectivity index (χ0v) is 16.2. The molecule has 4 rings (SSSR count). The summed E-state index contributed by atoms with van der Waals surface area (Å²) in [6.45, 7) is 2.26. The summed E-state index contributed by atoms with van der Waals surface area (Å²) in [5.41, 5.74) is 1.49. The fraction of sp³-hybridized carbons (Fsp3) is 0.389. The van der Waals surface area contributed by atoms with Gasteiger partial charge in [0.2, 0.25) is 10.0 Å². The summed E-state index contributed by atoms with van der Waals surface area (Å²) in [4.78, 5) is 4.49. The van der Waals surface area contributed by atoms with Crippen LogP contribution in [-0.2, 0) is 17.1 Å². The summed E-state index contributed by atoms with van der Waals surface area (Å²) >= 11 is 0. The summed E-state index contributed by atoms with van der Waals surface area (Å²) in [5, 5.41) is 8.49. The minimum Gasteiger partial charge on any atom is -0.275 e. The molecule has 0 N–H and O–H groups in total. The minimum absolute atomic E-state index is 0.199. The Morgan fingerprint density at radius 2 is 2.00 bits per heavy atom. The number of rotatable bonds is 4. The molecule has 0 saturated carbocycles. The molecule has 8 nitrogen and oxygen atoms in total. The Bertz CT molecular complexity index is 1040. The van der Waals surface area contributed by atoms with Crippen LogP contribution < -0.4 is 0 Å². The van der Waals surface area contributed by atoms with Crippen molar-refractivity contribution in [3.05, 3.63) is 54.2 Å². The van der Waals surface area contributed by atoms with Gasteiger partial charge in [-0.2, -0.15) is 14.5 Å². The number of hydrogen-bond acceptors (Lipinski definition) is 5. The SMILES string of the molecule is Cc1c(S(=O)(=O)N2CCCCC2c2cnn(C)c2)cnn1-c1ccccn1. The molecule has 0 bridgehead atoms. The van der Waals surface area contributed by atoms with Gasteiger partial charge in [-0.15, -0.1) is 0 Å². The standard InChI is InChI=1S/C18H22N6O2S/c1-14-17(12-21-24(14)18-8-3-5-9-19-18)27(25,26)23-10-6-4-7-16(23)15-11-20-22(2)13-15/h3,5,8-9,11-13,16H,4,6-7,10H2,1-2H3. The lowest BCUT2D eigenvalue weighted by Gasteiger charge is -2.34. The van der Waals surface area contributed by atoms with Gasteiger partial charge in [0.15, 0.2) is 5.82 Å². The summed E-state index contributed by atoms with van der Waals surface area (Å²) < 4.78 is 31.8. The topological polar surface area (TPSA) is 85.9 Å². The van der Waals surface area contributed by atoms with Crippen molar-refractivity contribution in [1.29, 1.82) is 0 Å². The second-order valence-corrected chi connectivity index (χ2v) is 8.63. The number of nitrogens with zero attached hydrogens (tertiary/aromatic N) is 6. The van der Waals surface area contributed by atoms with Crippen LogP contribution in [0.4, 0.5) is 0 Å². The van der Waals surface area contributed by atoms with Gasteiger partial charge in [0.25, 0.3) is 0 Å². The van der Waals surface area contributed by atoms with E-state index in [2.05, 4.69) is 15.2 Å². The maximum atomic E-state index is 13.5. The Kier molecular flexibility index (Phi) is 4.56. The molecule has 4 heterocycles. The first-order valence-corrected chi connectivity index (χ1v) is 10.4. The molecule has 9 heteroatoms. The summed E-state index contributed by atoms with van der Waals surface area (Å²) in [5.74, 6) is 0.596. The largest absolute Gasteiger partial charge is 0.275 e. The molecule has 27 heavy (non-hydrogen) atoms. The molecule has 1 aliphatic heterocycles. The quantitative estimate of drug-likeness (QED) is 0.686. The average Bonchev–Trinajstić information content (AvgIpc) is 3.28. The van der Waals surface area contributed by atoms with E-state index in [0.29, 0.717) is 18.1 Å². The van der Waals surface area contributed by atoms with Crippen molar-refractivity contribution in [3.8, 4) is 5.82 Å². The molecule has 1 aliphatic rings. The van der Waals surface area contributed by atoms with Gasteiger partial charge in [0.05, 0.1) is 24.1 Å². The van der Waals surface area contributed by atoms with Crippen molar-refractivity contribution in [2.24, 2.45) is 7.05 Å². The Labute approximate surface area is 158 Å². The fourth-order valence-electron chi connectivity index (χ4n) is 3.62. The third kappa shape index (κ3) is 3.17. The first kappa shape index (κ1) is 17.9. The van der Waals surface area contributed by atoms with Crippen LogP contribution in [0.15, 0.2) is 47.9 Å². The van der Waals surface area contributed by atoms with E-state index >= 15 is 0 Å². The van der Waals surface area contributed by atoms with Crippen LogP contribution >= 0.6 is 0 Å². The molecule has 3 aromatic rings. The number of pyridine rings is 1. The summed E-state index contributed by atoms with van der Waals surface area (Å²) in [6, 6.07) is 5.26. The van der Waals surface area contributed by atoms with Gasteiger partial charge in [-0.3, -0.25) is 4.68 Å². The van der Waals surface area contributed by atoms with E-state index in [9.17, 15) is 8.42 Å². The predicted molar refractivity (Wildman–Crippen MR) is 99.8 cm³/mol. The van der Waals surface area contributed by atoms with Crippen molar-refractivity contribution in [2.45, 2.75) is 37.1 Å². The predicted octanol–water partition coefficient (Wildman–Crippen LogP) is 2.23. The molecule has 0 aromatic carbocycles. The van der Waals surface area contributed by atoms with Crippen LogP contribution in [0.25, 0.3) is 5.82 Å². The van der Waals surface area contributed by atoms with E-state index < -0.39 is 10.0 Å². The highest BCUT2D eigenvalue weighted by Crippen LogP contribution is 2.36.